The second kappa shape index (κ2) is 14.1. The van der Waals surface area contributed by atoms with Crippen LogP contribution < -0.4 is 14.8 Å². The molecule has 8 heteroatoms. The highest BCUT2D eigenvalue weighted by Gasteiger charge is 2.28. The van der Waals surface area contributed by atoms with Crippen molar-refractivity contribution >= 4 is 35.0 Å². The van der Waals surface area contributed by atoms with E-state index in [0.717, 1.165) is 11.3 Å². The number of rotatable bonds is 13. The van der Waals surface area contributed by atoms with E-state index >= 15 is 0 Å². The van der Waals surface area contributed by atoms with Crippen LogP contribution >= 0.6 is 23.2 Å². The second-order valence-corrected chi connectivity index (χ2v) is 9.28. The van der Waals surface area contributed by atoms with Gasteiger partial charge in [0.2, 0.25) is 11.8 Å². The van der Waals surface area contributed by atoms with Gasteiger partial charge in [0.1, 0.15) is 17.5 Å². The maximum Gasteiger partial charge on any atom is 0.242 e. The van der Waals surface area contributed by atoms with Crippen LogP contribution in [-0.2, 0) is 16.1 Å². The van der Waals surface area contributed by atoms with Crippen LogP contribution in [0.3, 0.4) is 0 Å². The highest BCUT2D eigenvalue weighted by Crippen LogP contribution is 2.24. The molecule has 0 saturated carbocycles. The van der Waals surface area contributed by atoms with Gasteiger partial charge in [0.25, 0.3) is 0 Å². The number of nitrogens with zero attached hydrogens (tertiary/aromatic N) is 1. The van der Waals surface area contributed by atoms with E-state index in [0.29, 0.717) is 47.7 Å². The van der Waals surface area contributed by atoms with Crippen molar-refractivity contribution in [2.45, 2.75) is 52.6 Å². The highest BCUT2D eigenvalue weighted by atomic mass is 35.5. The maximum atomic E-state index is 13.3. The third-order valence-electron chi connectivity index (χ3n) is 5.27. The first-order valence-electron chi connectivity index (χ1n) is 11.5. The summed E-state index contributed by atoms with van der Waals surface area (Å²) in [6.07, 6.45) is 1.28. The summed E-state index contributed by atoms with van der Waals surface area (Å²) in [5.74, 6) is 1.51. The van der Waals surface area contributed by atoms with Crippen molar-refractivity contribution in [3.05, 3.63) is 58.1 Å². The summed E-state index contributed by atoms with van der Waals surface area (Å²) in [4.78, 5) is 27.8. The number of halogens is 2. The maximum absolute atomic E-state index is 13.3. The van der Waals surface area contributed by atoms with Crippen LogP contribution in [0.5, 0.6) is 11.5 Å². The number of amides is 2. The zero-order valence-corrected chi connectivity index (χ0v) is 21.8. The van der Waals surface area contributed by atoms with Crippen LogP contribution in [0.2, 0.25) is 10.0 Å². The van der Waals surface area contributed by atoms with Gasteiger partial charge in [-0.25, -0.2) is 0 Å². The summed E-state index contributed by atoms with van der Waals surface area (Å²) < 4.78 is 10.9. The highest BCUT2D eigenvalue weighted by molar-refractivity contribution is 6.42. The summed E-state index contributed by atoms with van der Waals surface area (Å²) in [7, 11) is 1.61. The second-order valence-electron chi connectivity index (χ2n) is 8.46. The van der Waals surface area contributed by atoms with Gasteiger partial charge in [-0.3, -0.25) is 9.59 Å². The molecule has 6 nitrogen and oxygen atoms in total. The van der Waals surface area contributed by atoms with E-state index in [-0.39, 0.29) is 24.8 Å². The van der Waals surface area contributed by atoms with E-state index < -0.39 is 6.04 Å². The van der Waals surface area contributed by atoms with Gasteiger partial charge in [0.15, 0.2) is 0 Å². The fourth-order valence-electron chi connectivity index (χ4n) is 3.41. The number of methoxy groups -OCH3 is 1. The van der Waals surface area contributed by atoms with Gasteiger partial charge in [0.05, 0.1) is 23.8 Å². The summed E-state index contributed by atoms with van der Waals surface area (Å²) in [6, 6.07) is 12.0. The fourth-order valence-corrected chi connectivity index (χ4v) is 3.73. The third-order valence-corrected chi connectivity index (χ3v) is 6.01. The Morgan fingerprint density at radius 3 is 2.29 bits per heavy atom. The summed E-state index contributed by atoms with van der Waals surface area (Å²) in [5, 5.41) is 3.82. The SMILES string of the molecule is CC[C@@H](C(=O)NCC(C)C)N(Cc1ccc(Cl)c(Cl)c1)C(=O)CCCOc1ccc(OC)cc1. The molecule has 1 atom stereocenters. The van der Waals surface area contributed by atoms with Crippen molar-refractivity contribution in [2.75, 3.05) is 20.3 Å². The molecule has 2 amide bonds. The van der Waals surface area contributed by atoms with E-state index in [1.165, 1.54) is 0 Å². The molecule has 34 heavy (non-hydrogen) atoms. The normalized spacial score (nSPS) is 11.7. The molecule has 0 unspecified atom stereocenters. The molecule has 0 aliphatic carbocycles. The van der Waals surface area contributed by atoms with Gasteiger partial charge in [0, 0.05) is 19.5 Å². The van der Waals surface area contributed by atoms with Crippen molar-refractivity contribution in [1.82, 2.24) is 10.2 Å². The Morgan fingerprint density at radius 1 is 1.03 bits per heavy atom. The average molecular weight is 509 g/mol. The minimum atomic E-state index is -0.580. The Balaban J connectivity index is 2.06. The lowest BCUT2D eigenvalue weighted by molar-refractivity contribution is -0.141. The molecule has 2 aromatic carbocycles. The van der Waals surface area contributed by atoms with E-state index in [4.69, 9.17) is 32.7 Å². The monoisotopic (exact) mass is 508 g/mol. The largest absolute Gasteiger partial charge is 0.497 e. The zero-order chi connectivity index (χ0) is 25.1. The number of carbonyl (C=O) groups is 2. The van der Waals surface area contributed by atoms with Gasteiger partial charge in [-0.15, -0.1) is 0 Å². The van der Waals surface area contributed by atoms with Crippen molar-refractivity contribution in [3.63, 3.8) is 0 Å². The standard InChI is InChI=1S/C26H34Cl2N2O4/c1-5-24(26(32)29-16-18(2)3)30(17-19-8-13-22(27)23(28)15-19)25(31)7-6-14-34-21-11-9-20(33-4)10-12-21/h8-13,15,18,24H,5-7,14,16-17H2,1-4H3,(H,29,32)/t24-/m0/s1. The van der Waals surface area contributed by atoms with Gasteiger partial charge in [-0.2, -0.15) is 0 Å². The van der Waals surface area contributed by atoms with Gasteiger partial charge >= 0.3 is 0 Å². The van der Waals surface area contributed by atoms with E-state index in [1.54, 1.807) is 24.1 Å². The zero-order valence-electron chi connectivity index (χ0n) is 20.3. The minimum Gasteiger partial charge on any atom is -0.497 e. The molecular weight excluding hydrogens is 475 g/mol. The first-order valence-corrected chi connectivity index (χ1v) is 12.3. The smallest absolute Gasteiger partial charge is 0.242 e. The van der Waals surface area contributed by atoms with Crippen LogP contribution in [0.15, 0.2) is 42.5 Å². The molecule has 0 radical (unpaired) electrons. The lowest BCUT2D eigenvalue weighted by Gasteiger charge is -2.31. The predicted molar refractivity (Wildman–Crippen MR) is 137 cm³/mol. The minimum absolute atomic E-state index is 0.115. The first kappa shape index (κ1) is 27.8. The molecule has 0 spiro atoms. The summed E-state index contributed by atoms with van der Waals surface area (Å²) in [6.45, 7) is 7.17. The summed E-state index contributed by atoms with van der Waals surface area (Å²) in [5.41, 5.74) is 0.812. The molecule has 1 N–H and O–H groups in total. The number of hydrogen-bond donors (Lipinski definition) is 1. The predicted octanol–water partition coefficient (Wildman–Crippen LogP) is 5.74. The first-order chi connectivity index (χ1) is 16.2. The van der Waals surface area contributed by atoms with E-state index in [1.807, 2.05) is 51.1 Å². The topological polar surface area (TPSA) is 67.9 Å². The van der Waals surface area contributed by atoms with Crippen molar-refractivity contribution in [3.8, 4) is 11.5 Å². The van der Waals surface area contributed by atoms with Gasteiger partial charge in [-0.05, 0) is 60.7 Å². The molecule has 0 aliphatic heterocycles. The number of ether oxygens (including phenoxy) is 2. The molecule has 186 valence electrons. The molecule has 0 fully saturated rings. The van der Waals surface area contributed by atoms with Crippen molar-refractivity contribution < 1.29 is 19.1 Å². The number of carbonyl (C=O) groups excluding carboxylic acids is 2. The Bertz CT molecular complexity index is 935. The molecule has 0 bridgehead atoms. The Labute approximate surface area is 212 Å². The average Bonchev–Trinajstić information content (AvgIpc) is 2.82. The van der Waals surface area contributed by atoms with E-state index in [9.17, 15) is 9.59 Å². The lowest BCUT2D eigenvalue weighted by Crippen LogP contribution is -2.49. The molecule has 2 rings (SSSR count). The summed E-state index contributed by atoms with van der Waals surface area (Å²) >= 11 is 12.2. The van der Waals surface area contributed by atoms with E-state index in [2.05, 4.69) is 5.32 Å². The van der Waals surface area contributed by atoms with Gasteiger partial charge < -0.3 is 19.7 Å². The number of benzene rings is 2. The van der Waals surface area contributed by atoms with Crippen LogP contribution in [0.25, 0.3) is 0 Å². The Morgan fingerprint density at radius 2 is 1.71 bits per heavy atom. The molecule has 0 saturated heterocycles. The van der Waals surface area contributed by atoms with Gasteiger partial charge in [-0.1, -0.05) is 50.0 Å². The van der Waals surface area contributed by atoms with Crippen LogP contribution in [-0.4, -0.2) is 43.0 Å². The Hall–Kier alpha value is -2.44. The molecule has 2 aromatic rings. The number of nitrogens with one attached hydrogen (secondary N) is 1. The number of hydrogen-bond acceptors (Lipinski definition) is 4. The molecular formula is C26H34Cl2N2O4. The van der Waals surface area contributed by atoms with Crippen molar-refractivity contribution in [2.24, 2.45) is 5.92 Å². The third kappa shape index (κ3) is 8.73. The Kier molecular flexibility index (Phi) is 11.5. The quantitative estimate of drug-likeness (QED) is 0.350. The van der Waals surface area contributed by atoms with Crippen molar-refractivity contribution in [1.29, 1.82) is 0 Å². The van der Waals surface area contributed by atoms with Crippen LogP contribution in [0.4, 0.5) is 0 Å². The van der Waals surface area contributed by atoms with Crippen LogP contribution in [0, 0.1) is 5.92 Å². The molecule has 0 heterocycles. The molecule has 0 aromatic heterocycles. The lowest BCUT2D eigenvalue weighted by atomic mass is 10.1. The van der Waals surface area contributed by atoms with Crippen LogP contribution in [0.1, 0.15) is 45.6 Å². The fraction of sp³-hybridized carbons (Fsp3) is 0.462. The molecule has 0 aliphatic rings.